The molecule has 1 fully saturated rings. The molecule has 2 aromatic rings. The molecule has 10 heteroatoms. The Morgan fingerprint density at radius 3 is 2.54 bits per heavy atom. The van der Waals surface area contributed by atoms with E-state index in [-0.39, 0.29) is 11.9 Å². The maximum Gasteiger partial charge on any atom is 0.422 e. The molecule has 1 aliphatic heterocycles. The number of ether oxygens (including phenoxy) is 1. The first-order valence-electron chi connectivity index (χ1n) is 8.72. The molecule has 0 bridgehead atoms. The number of piperazine rings is 1. The molecule has 0 spiro atoms. The molecular weight excluding hydrogens is 375 g/mol. The van der Waals surface area contributed by atoms with Gasteiger partial charge in [-0.25, -0.2) is 9.78 Å². The van der Waals surface area contributed by atoms with Crippen molar-refractivity contribution in [2.75, 3.05) is 38.1 Å². The molecular formula is C18H20F3N5O2. The lowest BCUT2D eigenvalue weighted by Gasteiger charge is -2.34. The fourth-order valence-corrected chi connectivity index (χ4v) is 2.76. The Hall–Kier alpha value is -2.88. The normalized spacial score (nSPS) is 15.3. The van der Waals surface area contributed by atoms with Crippen molar-refractivity contribution in [3.63, 3.8) is 0 Å². The number of nitrogens with zero attached hydrogens (tertiary/aromatic N) is 4. The largest absolute Gasteiger partial charge is 0.468 e. The number of halogens is 3. The van der Waals surface area contributed by atoms with Gasteiger partial charge in [-0.1, -0.05) is 6.07 Å². The summed E-state index contributed by atoms with van der Waals surface area (Å²) in [5.41, 5.74) is 1.52. The van der Waals surface area contributed by atoms with Crippen molar-refractivity contribution in [2.24, 2.45) is 0 Å². The number of urea groups is 1. The highest BCUT2D eigenvalue weighted by atomic mass is 19.4. The summed E-state index contributed by atoms with van der Waals surface area (Å²) in [7, 11) is 0. The molecule has 3 rings (SSSR count). The summed E-state index contributed by atoms with van der Waals surface area (Å²) in [6.45, 7) is 2.01. The maximum atomic E-state index is 12.4. The second kappa shape index (κ2) is 8.87. The van der Waals surface area contributed by atoms with Crippen LogP contribution in [-0.4, -0.2) is 64.8 Å². The molecule has 1 N–H and O–H groups in total. The number of hydrogen-bond donors (Lipinski definition) is 1. The molecule has 2 aromatic heterocycles. The number of nitrogens with one attached hydrogen (secondary N) is 1. The summed E-state index contributed by atoms with van der Waals surface area (Å²) in [6, 6.07) is 6.38. The van der Waals surface area contributed by atoms with E-state index in [0.717, 1.165) is 25.2 Å². The van der Waals surface area contributed by atoms with E-state index >= 15 is 0 Å². The average Bonchev–Trinajstić information content (AvgIpc) is 2.68. The van der Waals surface area contributed by atoms with Crippen LogP contribution in [0, 0.1) is 0 Å². The minimum Gasteiger partial charge on any atom is -0.468 e. The molecule has 1 saturated heterocycles. The highest BCUT2D eigenvalue weighted by molar-refractivity contribution is 5.89. The summed E-state index contributed by atoms with van der Waals surface area (Å²) >= 11 is 0. The van der Waals surface area contributed by atoms with Gasteiger partial charge in [0.1, 0.15) is 0 Å². The number of aromatic nitrogens is 2. The zero-order chi connectivity index (χ0) is 20.0. The molecule has 28 heavy (non-hydrogen) atoms. The van der Waals surface area contributed by atoms with Crippen molar-refractivity contribution in [2.45, 2.75) is 12.7 Å². The summed E-state index contributed by atoms with van der Waals surface area (Å²) in [5, 5.41) is 2.69. The Labute approximate surface area is 160 Å². The van der Waals surface area contributed by atoms with Crippen LogP contribution in [0.4, 0.5) is 23.7 Å². The van der Waals surface area contributed by atoms with E-state index in [1.54, 1.807) is 11.1 Å². The first-order chi connectivity index (χ1) is 13.4. The minimum atomic E-state index is -4.42. The van der Waals surface area contributed by atoms with Crippen molar-refractivity contribution in [3.05, 3.63) is 48.4 Å². The Bertz CT molecular complexity index is 763. The van der Waals surface area contributed by atoms with Gasteiger partial charge in [0.05, 0.1) is 11.9 Å². The number of amides is 2. The average molecular weight is 395 g/mol. The van der Waals surface area contributed by atoms with Crippen LogP contribution >= 0.6 is 0 Å². The van der Waals surface area contributed by atoms with Crippen LogP contribution in [0.2, 0.25) is 0 Å². The third kappa shape index (κ3) is 6.08. The van der Waals surface area contributed by atoms with Crippen LogP contribution in [0.5, 0.6) is 5.88 Å². The van der Waals surface area contributed by atoms with Crippen LogP contribution in [0.1, 0.15) is 5.56 Å². The van der Waals surface area contributed by atoms with Crippen LogP contribution in [0.15, 0.2) is 42.9 Å². The number of rotatable bonds is 5. The molecule has 0 aliphatic carbocycles. The van der Waals surface area contributed by atoms with Gasteiger partial charge in [0.15, 0.2) is 6.61 Å². The number of pyridine rings is 2. The molecule has 0 atom stereocenters. The second-order valence-corrected chi connectivity index (χ2v) is 6.34. The number of anilines is 1. The Kier molecular flexibility index (Phi) is 6.30. The number of alkyl halides is 3. The van der Waals surface area contributed by atoms with E-state index in [4.69, 9.17) is 0 Å². The molecule has 150 valence electrons. The molecule has 2 amide bonds. The van der Waals surface area contributed by atoms with Crippen LogP contribution in [0.3, 0.4) is 0 Å². The van der Waals surface area contributed by atoms with Crippen LogP contribution in [-0.2, 0) is 6.54 Å². The summed E-state index contributed by atoms with van der Waals surface area (Å²) in [5.74, 6) is -0.153. The number of carbonyl (C=O) groups is 1. The lowest BCUT2D eigenvalue weighted by atomic mass is 10.2. The van der Waals surface area contributed by atoms with Gasteiger partial charge >= 0.3 is 12.2 Å². The van der Waals surface area contributed by atoms with Crippen LogP contribution < -0.4 is 10.1 Å². The second-order valence-electron chi connectivity index (χ2n) is 6.34. The van der Waals surface area contributed by atoms with Gasteiger partial charge in [-0.3, -0.25) is 9.88 Å². The third-order valence-electron chi connectivity index (χ3n) is 4.16. The predicted octanol–water partition coefficient (Wildman–Crippen LogP) is 2.77. The molecule has 0 radical (unpaired) electrons. The molecule has 1 aliphatic rings. The molecule has 0 unspecified atom stereocenters. The van der Waals surface area contributed by atoms with Gasteiger partial charge in [-0.05, 0) is 17.7 Å². The van der Waals surface area contributed by atoms with Gasteiger partial charge in [-0.15, -0.1) is 0 Å². The minimum absolute atomic E-state index is 0.153. The zero-order valence-electron chi connectivity index (χ0n) is 15.0. The van der Waals surface area contributed by atoms with E-state index in [0.29, 0.717) is 18.8 Å². The Morgan fingerprint density at radius 2 is 1.93 bits per heavy atom. The third-order valence-corrected chi connectivity index (χ3v) is 4.16. The van der Waals surface area contributed by atoms with Crippen molar-refractivity contribution < 1.29 is 22.7 Å². The monoisotopic (exact) mass is 395 g/mol. The van der Waals surface area contributed by atoms with E-state index in [9.17, 15) is 18.0 Å². The first-order valence-corrected chi connectivity index (χ1v) is 8.72. The quantitative estimate of drug-likeness (QED) is 0.843. The summed E-state index contributed by atoms with van der Waals surface area (Å²) in [4.78, 5) is 24.2. The van der Waals surface area contributed by atoms with E-state index in [2.05, 4.69) is 24.9 Å². The predicted molar refractivity (Wildman–Crippen MR) is 95.9 cm³/mol. The number of hydrogen-bond acceptors (Lipinski definition) is 5. The smallest absolute Gasteiger partial charge is 0.422 e. The van der Waals surface area contributed by atoms with E-state index < -0.39 is 12.8 Å². The van der Waals surface area contributed by atoms with Gasteiger partial charge in [0, 0.05) is 51.2 Å². The first kappa shape index (κ1) is 19.9. The van der Waals surface area contributed by atoms with Gasteiger partial charge in [-0.2, -0.15) is 13.2 Å². The fourth-order valence-electron chi connectivity index (χ4n) is 2.76. The maximum absolute atomic E-state index is 12.4. The lowest BCUT2D eigenvalue weighted by Crippen LogP contribution is -2.49. The molecule has 3 heterocycles. The highest BCUT2D eigenvalue weighted by Crippen LogP contribution is 2.18. The van der Waals surface area contributed by atoms with Gasteiger partial charge < -0.3 is 15.0 Å². The molecule has 0 aromatic carbocycles. The van der Waals surface area contributed by atoms with Crippen molar-refractivity contribution in [1.82, 2.24) is 19.8 Å². The topological polar surface area (TPSA) is 70.6 Å². The van der Waals surface area contributed by atoms with Gasteiger partial charge in [0.25, 0.3) is 0 Å². The lowest BCUT2D eigenvalue weighted by molar-refractivity contribution is -0.154. The standard InChI is InChI=1S/C18H20F3N5O2/c19-18(20,21)13-28-16-4-3-15(11-23-16)24-17(27)26-8-6-25(7-9-26)12-14-2-1-5-22-10-14/h1-5,10-11H,6-9,12-13H2,(H,24,27). The van der Waals surface area contributed by atoms with Crippen LogP contribution in [0.25, 0.3) is 0 Å². The van der Waals surface area contributed by atoms with E-state index in [1.807, 2.05) is 18.3 Å². The molecule has 0 saturated carbocycles. The molecule has 7 nitrogen and oxygen atoms in total. The summed E-state index contributed by atoms with van der Waals surface area (Å²) in [6.07, 6.45) is 0.403. The fraction of sp³-hybridized carbons (Fsp3) is 0.389. The van der Waals surface area contributed by atoms with Crippen molar-refractivity contribution in [1.29, 1.82) is 0 Å². The van der Waals surface area contributed by atoms with Crippen molar-refractivity contribution in [3.8, 4) is 5.88 Å². The summed E-state index contributed by atoms with van der Waals surface area (Å²) < 4.78 is 40.9. The van der Waals surface area contributed by atoms with Gasteiger partial charge in [0.2, 0.25) is 5.88 Å². The SMILES string of the molecule is O=C(Nc1ccc(OCC(F)(F)F)nc1)N1CCN(Cc2cccnc2)CC1. The Balaban J connectivity index is 1.44. The van der Waals surface area contributed by atoms with E-state index in [1.165, 1.54) is 18.3 Å². The number of carbonyl (C=O) groups excluding carboxylic acids is 1. The Morgan fingerprint density at radius 1 is 1.14 bits per heavy atom. The van der Waals surface area contributed by atoms with Crippen molar-refractivity contribution >= 4 is 11.7 Å². The zero-order valence-corrected chi connectivity index (χ0v) is 15.0. The highest BCUT2D eigenvalue weighted by Gasteiger charge is 2.28.